The topological polar surface area (TPSA) is 222 Å². The molecule has 17 nitrogen and oxygen atoms in total. The van der Waals surface area contributed by atoms with Gasteiger partial charge in [-0.2, -0.15) is 0 Å². The largest absolute Gasteiger partial charge is 0.493 e. The van der Waals surface area contributed by atoms with Crippen LogP contribution < -0.4 is 36.3 Å². The zero-order chi connectivity index (χ0) is 49.6. The fourth-order valence-corrected chi connectivity index (χ4v) is 11.4. The van der Waals surface area contributed by atoms with Crippen LogP contribution in [0.4, 0.5) is 0 Å². The van der Waals surface area contributed by atoms with Gasteiger partial charge in [-0.05, 0) is 117 Å². The van der Waals surface area contributed by atoms with Gasteiger partial charge in [-0.3, -0.25) is 29.0 Å². The van der Waals surface area contributed by atoms with Crippen LogP contribution >= 0.6 is 0 Å². The summed E-state index contributed by atoms with van der Waals surface area (Å²) < 4.78 is 30.6. The molecule has 2 saturated carbocycles. The number of para-hydroxylation sites is 1. The smallest absolute Gasteiger partial charge is 0.231 e. The third kappa shape index (κ3) is 11.1. The molecule has 2 aromatic rings. The van der Waals surface area contributed by atoms with Crippen molar-refractivity contribution in [2.24, 2.45) is 45.1 Å². The van der Waals surface area contributed by atoms with Gasteiger partial charge in [-0.25, -0.2) is 9.98 Å². The highest BCUT2D eigenvalue weighted by atomic mass is 16.5. The predicted octanol–water partition coefficient (Wildman–Crippen LogP) is 5.70. The molecule has 8 rings (SSSR count). The van der Waals surface area contributed by atoms with Crippen molar-refractivity contribution in [3.05, 3.63) is 53.6 Å². The number of ether oxygens (including phenoxy) is 5. The van der Waals surface area contributed by atoms with E-state index in [1.807, 2.05) is 84.0 Å². The summed E-state index contributed by atoms with van der Waals surface area (Å²) in [6.07, 6.45) is 5.20. The molecule has 6 aliphatic rings. The van der Waals surface area contributed by atoms with Gasteiger partial charge in [-0.15, -0.1) is 0 Å². The van der Waals surface area contributed by atoms with E-state index in [0.29, 0.717) is 82.7 Å². The van der Waals surface area contributed by atoms with Gasteiger partial charge in [-0.1, -0.05) is 24.3 Å². The number of carbonyl (C=O) groups excluding carboxylic acids is 4. The van der Waals surface area contributed by atoms with E-state index >= 15 is 0 Å². The van der Waals surface area contributed by atoms with Gasteiger partial charge in [0.2, 0.25) is 23.6 Å². The number of nitrogens with one attached hydrogen (secondary N) is 2. The summed E-state index contributed by atoms with van der Waals surface area (Å²) in [6.45, 7) is 14.9. The van der Waals surface area contributed by atoms with Gasteiger partial charge in [0.25, 0.3) is 0 Å². The number of methoxy groups -OCH3 is 2. The lowest BCUT2D eigenvalue weighted by atomic mass is 9.85. The number of rotatable bonds is 19. The van der Waals surface area contributed by atoms with Gasteiger partial charge < -0.3 is 45.8 Å². The average Bonchev–Trinajstić information content (AvgIpc) is 4.19. The van der Waals surface area contributed by atoms with Gasteiger partial charge in [0, 0.05) is 69.8 Å². The first-order valence-electron chi connectivity index (χ1n) is 24.8. The maximum Gasteiger partial charge on any atom is 0.231 e. The van der Waals surface area contributed by atoms with Gasteiger partial charge in [0.15, 0.2) is 11.9 Å². The van der Waals surface area contributed by atoms with Crippen molar-refractivity contribution < 1.29 is 42.9 Å². The number of benzene rings is 2. The van der Waals surface area contributed by atoms with Crippen LogP contribution in [-0.4, -0.2) is 114 Å². The highest BCUT2D eigenvalue weighted by Crippen LogP contribution is 2.50. The van der Waals surface area contributed by atoms with Gasteiger partial charge >= 0.3 is 0 Å². The number of hydrogen-bond donors (Lipinski definition) is 4. The van der Waals surface area contributed by atoms with Gasteiger partial charge in [0.1, 0.15) is 28.5 Å². The molecule has 17 heteroatoms. The molecule has 376 valence electrons. The molecule has 0 aromatic heterocycles. The summed E-state index contributed by atoms with van der Waals surface area (Å²) in [6, 6.07) is 12.3. The Kier molecular flexibility index (Phi) is 14.1. The molecule has 6 N–H and O–H groups in total. The highest BCUT2D eigenvalue weighted by molar-refractivity contribution is 6.00. The number of fused-ring (bicyclic) bond motifs is 2. The summed E-state index contributed by atoms with van der Waals surface area (Å²) in [4.78, 5) is 67.5. The zero-order valence-electron chi connectivity index (χ0n) is 42.0. The van der Waals surface area contributed by atoms with Crippen LogP contribution in [0.25, 0.3) is 0 Å². The van der Waals surface area contributed by atoms with E-state index < -0.39 is 22.3 Å². The first-order chi connectivity index (χ1) is 32.6. The first kappa shape index (κ1) is 50.0. The Morgan fingerprint density at radius 1 is 0.725 bits per heavy atom. The Morgan fingerprint density at radius 3 is 1.81 bits per heavy atom. The summed E-state index contributed by atoms with van der Waals surface area (Å²) in [5.74, 6) is 1.34. The Hall–Kier alpha value is -5.42. The van der Waals surface area contributed by atoms with Crippen LogP contribution in [0.1, 0.15) is 136 Å². The maximum atomic E-state index is 14.2. The van der Waals surface area contributed by atoms with E-state index in [9.17, 15) is 19.2 Å². The van der Waals surface area contributed by atoms with Crippen molar-refractivity contribution in [1.29, 1.82) is 0 Å². The van der Waals surface area contributed by atoms with E-state index in [4.69, 9.17) is 35.2 Å². The molecule has 9 atom stereocenters. The third-order valence-electron chi connectivity index (χ3n) is 14.8. The minimum atomic E-state index is -0.620. The van der Waals surface area contributed by atoms with Crippen molar-refractivity contribution in [3.8, 4) is 17.2 Å². The molecule has 4 heterocycles. The fraction of sp³-hybridized carbons (Fsp3) is 0.654. The van der Waals surface area contributed by atoms with Crippen LogP contribution in [0.3, 0.4) is 0 Å². The summed E-state index contributed by atoms with van der Waals surface area (Å²) in [7, 11) is 3.25. The lowest BCUT2D eigenvalue weighted by Gasteiger charge is -2.40. The third-order valence-corrected chi connectivity index (χ3v) is 14.8. The molecule has 9 unspecified atom stereocenters. The molecule has 4 aliphatic heterocycles. The Bertz CT molecular complexity index is 2350. The highest BCUT2D eigenvalue weighted by Gasteiger charge is 2.54. The normalized spacial score (nSPS) is 29.2. The molecule has 4 amide bonds. The van der Waals surface area contributed by atoms with Crippen LogP contribution in [0.2, 0.25) is 0 Å². The second-order valence-electron chi connectivity index (χ2n) is 22.3. The lowest BCUT2D eigenvalue weighted by molar-refractivity contribution is -0.133. The second-order valence-corrected chi connectivity index (χ2v) is 22.3. The van der Waals surface area contributed by atoms with E-state index in [2.05, 4.69) is 27.5 Å². The number of nitrogens with zero attached hydrogens (tertiary/aromatic N) is 4. The van der Waals surface area contributed by atoms with Crippen LogP contribution in [-0.2, 0) is 28.7 Å². The van der Waals surface area contributed by atoms with E-state index in [1.54, 1.807) is 24.0 Å². The molecule has 0 spiro atoms. The average molecular weight is 955 g/mol. The molecule has 0 bridgehead atoms. The summed E-state index contributed by atoms with van der Waals surface area (Å²) in [5.41, 5.74) is 12.2. The number of guanidine groups is 2. The Labute approximate surface area is 406 Å². The van der Waals surface area contributed by atoms with Crippen LogP contribution in [0, 0.1) is 23.7 Å². The number of hydrogen-bond acceptors (Lipinski definition) is 13. The molecular formula is C52H74N8O9. The first-order valence-corrected chi connectivity index (χ1v) is 24.8. The SMILES string of the molecule is COCCC(C1CC1C(=O)NC1CC(C)(CCCOc2cccc3c2C(NC(=O)C2CC2C(CCOC)N2C(=O)CC(C)(C)N=C2N)CC(C)(C)O3)Oc2ccccc21)N1C(=O)CC(C)(C)N=C1N. The zero-order valence-corrected chi connectivity index (χ0v) is 42.0. The predicted molar refractivity (Wildman–Crippen MR) is 260 cm³/mol. The second kappa shape index (κ2) is 19.4. The van der Waals surface area contributed by atoms with E-state index in [0.717, 1.165) is 16.9 Å². The minimum absolute atomic E-state index is 0.0560. The molecule has 2 fully saturated rings. The van der Waals surface area contributed by atoms with Crippen molar-refractivity contribution >= 4 is 35.5 Å². The van der Waals surface area contributed by atoms with Crippen LogP contribution in [0.15, 0.2) is 52.4 Å². The van der Waals surface area contributed by atoms with Crippen molar-refractivity contribution in [1.82, 2.24) is 20.4 Å². The van der Waals surface area contributed by atoms with Gasteiger partial charge in [0.05, 0.1) is 48.2 Å². The minimum Gasteiger partial charge on any atom is -0.493 e. The Morgan fingerprint density at radius 2 is 1.26 bits per heavy atom. The van der Waals surface area contributed by atoms with Crippen LogP contribution in [0.5, 0.6) is 17.2 Å². The Balaban J connectivity index is 0.906. The number of amides is 4. The maximum absolute atomic E-state index is 14.2. The number of carbonyl (C=O) groups is 4. The summed E-state index contributed by atoms with van der Waals surface area (Å²) in [5, 5.41) is 6.73. The molecule has 2 aliphatic carbocycles. The van der Waals surface area contributed by atoms with Crippen molar-refractivity contribution in [2.45, 2.75) is 159 Å². The molecule has 0 radical (unpaired) electrons. The summed E-state index contributed by atoms with van der Waals surface area (Å²) >= 11 is 0. The van der Waals surface area contributed by atoms with E-state index in [1.165, 1.54) is 0 Å². The molecule has 2 aromatic carbocycles. The number of nitrogens with two attached hydrogens (primary N) is 2. The van der Waals surface area contributed by atoms with Crippen molar-refractivity contribution in [2.75, 3.05) is 34.0 Å². The standard InChI is InChI=1S/C52H74N8O9/c1-49(2)28-42(61)59(47(53)57-49)37(18-22-65-8)31-24-33(31)45(63)55-35-27-52(7,69-39-15-11-10-14-30(35)39)20-13-21-67-40-16-12-17-41-44(40)36(26-51(5,6)68-41)56-46(64)34-25-32(34)38(19-23-66-9)60-43(62)29-50(3,4)58-48(60)54/h10-12,14-17,31-38H,13,18-29H2,1-9H3,(H2,53,57)(H2,54,58)(H,55,63)(H,56,64). The monoisotopic (exact) mass is 955 g/mol. The fourth-order valence-electron chi connectivity index (χ4n) is 11.4. The lowest BCUT2D eigenvalue weighted by Crippen LogP contribution is -2.55. The quantitative estimate of drug-likeness (QED) is 0.125. The molecular weight excluding hydrogens is 881 g/mol. The van der Waals surface area contributed by atoms with Crippen molar-refractivity contribution in [3.63, 3.8) is 0 Å². The molecule has 0 saturated heterocycles. The number of aliphatic imine (C=N–C) groups is 2. The molecule has 69 heavy (non-hydrogen) atoms. The van der Waals surface area contributed by atoms with E-state index in [-0.39, 0.29) is 96.2 Å².